The number of ether oxygens (including phenoxy) is 2. The lowest BCUT2D eigenvalue weighted by Crippen LogP contribution is -2.47. The van der Waals surface area contributed by atoms with Gasteiger partial charge in [-0.3, -0.25) is 4.90 Å². The van der Waals surface area contributed by atoms with Gasteiger partial charge in [0.05, 0.1) is 11.2 Å². The maximum Gasteiger partial charge on any atom is 0.161 e. The van der Waals surface area contributed by atoms with Crippen molar-refractivity contribution in [3.8, 4) is 0 Å². The van der Waals surface area contributed by atoms with E-state index in [1.54, 1.807) is 0 Å². The summed E-state index contributed by atoms with van der Waals surface area (Å²) in [5, 5.41) is 0. The molecule has 5 nitrogen and oxygen atoms in total. The molecule has 0 radical (unpaired) electrons. The van der Waals surface area contributed by atoms with E-state index in [0.29, 0.717) is 0 Å². The first-order valence-corrected chi connectivity index (χ1v) is 17.1. The molecule has 0 rings (SSSR count). The normalized spacial score (nSPS) is 13.5. The van der Waals surface area contributed by atoms with Crippen LogP contribution in [0.15, 0.2) is 0 Å². The van der Waals surface area contributed by atoms with Gasteiger partial charge in [-0.2, -0.15) is 0 Å². The molecule has 0 saturated heterocycles. The Morgan fingerprint density at radius 3 is 1.33 bits per heavy atom. The number of hydrogen-bond acceptors (Lipinski definition) is 5. The molecular weight excluding hydrogens is 446 g/mol. The number of rotatable bonds is 25. The zero-order chi connectivity index (χ0) is 24.8. The van der Waals surface area contributed by atoms with Gasteiger partial charge in [0.25, 0.3) is 0 Å². The second-order valence-electron chi connectivity index (χ2n) is 10.4. The number of likely N-dealkylation sites (N-methyl/N-ethyl adjacent to an activating group) is 1. The molecule has 0 unspecified atom stereocenters. The first kappa shape index (κ1) is 33.2. The smallest absolute Gasteiger partial charge is 0.161 e. The summed E-state index contributed by atoms with van der Waals surface area (Å²) < 4.78 is 23.6. The van der Waals surface area contributed by atoms with Crippen LogP contribution < -0.4 is 0 Å². The minimum atomic E-state index is -0.245. The van der Waals surface area contributed by atoms with Crippen LogP contribution in [0.2, 0.25) is 12.1 Å². The van der Waals surface area contributed by atoms with Gasteiger partial charge in [0.1, 0.15) is 0 Å². The monoisotopic (exact) mass is 505 g/mol. The van der Waals surface area contributed by atoms with E-state index in [9.17, 15) is 0 Å². The SMILES string of the molecule is CCO[SiH2]CCCCCCOC(C)(C)CN(CC)CC(C)(C)OCCCCCC[SiH2]OCC. The third kappa shape index (κ3) is 22.4. The van der Waals surface area contributed by atoms with Gasteiger partial charge < -0.3 is 18.3 Å². The van der Waals surface area contributed by atoms with Crippen LogP contribution in [-0.4, -0.2) is 81.7 Å². The summed E-state index contributed by atoms with van der Waals surface area (Å²) in [7, 11) is -0.489. The molecule has 0 fully saturated rings. The molecule has 0 bridgehead atoms. The standard InChI is InChI=1S/C26H59NO4Si2/c1-8-27(23-25(4,5)28-19-15-11-13-17-21-32-30-9-2)24-26(6,7)29-20-16-12-14-18-22-33-31-10-3/h8-24,32-33H2,1-7H3. The van der Waals surface area contributed by atoms with E-state index >= 15 is 0 Å². The molecule has 0 spiro atoms. The fraction of sp³-hybridized carbons (Fsp3) is 1.00. The van der Waals surface area contributed by atoms with E-state index in [-0.39, 0.29) is 30.7 Å². The summed E-state index contributed by atoms with van der Waals surface area (Å²) in [5.74, 6) is 0. The Morgan fingerprint density at radius 2 is 0.970 bits per heavy atom. The maximum absolute atomic E-state index is 6.28. The minimum absolute atomic E-state index is 0.126. The molecule has 200 valence electrons. The lowest BCUT2D eigenvalue weighted by molar-refractivity contribution is -0.0730. The van der Waals surface area contributed by atoms with Crippen molar-refractivity contribution in [1.29, 1.82) is 0 Å². The molecule has 0 aliphatic carbocycles. The molecular formula is C26H59NO4Si2. The molecule has 0 saturated carbocycles. The van der Waals surface area contributed by atoms with Crippen LogP contribution in [0.25, 0.3) is 0 Å². The van der Waals surface area contributed by atoms with Crippen molar-refractivity contribution < 1.29 is 18.3 Å². The zero-order valence-corrected chi connectivity index (χ0v) is 26.3. The quantitative estimate of drug-likeness (QED) is 0.128. The lowest BCUT2D eigenvalue weighted by Gasteiger charge is -2.37. The molecule has 0 aromatic heterocycles. The van der Waals surface area contributed by atoms with Crippen molar-refractivity contribution in [2.75, 3.05) is 46.1 Å². The lowest BCUT2D eigenvalue weighted by atomic mass is 10.1. The van der Waals surface area contributed by atoms with Crippen molar-refractivity contribution in [2.45, 2.75) is 123 Å². The summed E-state index contributed by atoms with van der Waals surface area (Å²) in [6.07, 6.45) is 10.1. The molecule has 0 N–H and O–H groups in total. The van der Waals surface area contributed by atoms with Gasteiger partial charge in [-0.25, -0.2) is 0 Å². The summed E-state index contributed by atoms with van der Waals surface area (Å²) in [5.41, 5.74) is -0.252. The Morgan fingerprint density at radius 1 is 0.576 bits per heavy atom. The van der Waals surface area contributed by atoms with Gasteiger partial charge in [-0.15, -0.1) is 0 Å². The molecule has 0 aromatic carbocycles. The zero-order valence-electron chi connectivity index (χ0n) is 23.5. The number of nitrogens with zero attached hydrogens (tertiary/aromatic N) is 1. The number of unbranched alkanes of at least 4 members (excludes halogenated alkanes) is 6. The second kappa shape index (κ2) is 21.5. The van der Waals surface area contributed by atoms with Crippen molar-refractivity contribution in [2.24, 2.45) is 0 Å². The van der Waals surface area contributed by atoms with Gasteiger partial charge in [-0.1, -0.05) is 45.4 Å². The molecule has 0 heterocycles. The highest BCUT2D eigenvalue weighted by Crippen LogP contribution is 2.18. The van der Waals surface area contributed by atoms with E-state index in [4.69, 9.17) is 18.3 Å². The van der Waals surface area contributed by atoms with E-state index in [1.165, 1.54) is 50.6 Å². The highest BCUT2D eigenvalue weighted by atomic mass is 28.2. The van der Waals surface area contributed by atoms with Gasteiger partial charge in [0.15, 0.2) is 19.5 Å². The van der Waals surface area contributed by atoms with Crippen LogP contribution in [0, 0.1) is 0 Å². The van der Waals surface area contributed by atoms with Crippen molar-refractivity contribution >= 4 is 19.5 Å². The summed E-state index contributed by atoms with van der Waals surface area (Å²) in [6, 6.07) is 2.64. The van der Waals surface area contributed by atoms with E-state index in [1.807, 2.05) is 0 Å². The predicted molar refractivity (Wildman–Crippen MR) is 149 cm³/mol. The van der Waals surface area contributed by atoms with Crippen molar-refractivity contribution in [3.63, 3.8) is 0 Å². The van der Waals surface area contributed by atoms with Crippen LogP contribution in [0.3, 0.4) is 0 Å². The predicted octanol–water partition coefficient (Wildman–Crippen LogP) is 5.10. The summed E-state index contributed by atoms with van der Waals surface area (Å²) in [6.45, 7) is 21.8. The topological polar surface area (TPSA) is 40.2 Å². The third-order valence-corrected chi connectivity index (χ3v) is 8.89. The fourth-order valence-electron chi connectivity index (χ4n) is 4.11. The van der Waals surface area contributed by atoms with Crippen LogP contribution in [0.5, 0.6) is 0 Å². The molecule has 33 heavy (non-hydrogen) atoms. The van der Waals surface area contributed by atoms with Gasteiger partial charge >= 0.3 is 0 Å². The fourth-order valence-corrected chi connectivity index (χ4v) is 6.21. The summed E-state index contributed by atoms with van der Waals surface area (Å²) >= 11 is 0. The highest BCUT2D eigenvalue weighted by molar-refractivity contribution is 6.27. The average molecular weight is 506 g/mol. The first-order chi connectivity index (χ1) is 15.8. The maximum atomic E-state index is 6.28. The molecule has 0 aliphatic heterocycles. The van der Waals surface area contributed by atoms with Crippen LogP contribution in [0.1, 0.15) is 99.8 Å². The first-order valence-electron chi connectivity index (χ1n) is 13.9. The van der Waals surface area contributed by atoms with E-state index in [2.05, 4.69) is 53.4 Å². The van der Waals surface area contributed by atoms with Gasteiger partial charge in [-0.05, 0) is 73.0 Å². The summed E-state index contributed by atoms with van der Waals surface area (Å²) in [4.78, 5) is 2.48. The van der Waals surface area contributed by atoms with Crippen LogP contribution in [0.4, 0.5) is 0 Å². The Labute approximate surface area is 211 Å². The second-order valence-corrected chi connectivity index (χ2v) is 13.5. The van der Waals surface area contributed by atoms with E-state index in [0.717, 1.165) is 58.9 Å². The molecule has 0 aliphatic rings. The van der Waals surface area contributed by atoms with Crippen LogP contribution in [-0.2, 0) is 18.3 Å². The van der Waals surface area contributed by atoms with Gasteiger partial charge in [0, 0.05) is 39.5 Å². The minimum Gasteiger partial charge on any atom is -0.424 e. The van der Waals surface area contributed by atoms with Crippen LogP contribution >= 0.6 is 0 Å². The highest BCUT2D eigenvalue weighted by Gasteiger charge is 2.27. The molecule has 7 heteroatoms. The third-order valence-electron chi connectivity index (χ3n) is 5.92. The molecule has 0 aromatic rings. The van der Waals surface area contributed by atoms with Crippen molar-refractivity contribution in [1.82, 2.24) is 4.90 Å². The Kier molecular flexibility index (Phi) is 21.7. The molecule has 0 atom stereocenters. The molecule has 0 amide bonds. The largest absolute Gasteiger partial charge is 0.424 e. The number of hydrogen-bond donors (Lipinski definition) is 0. The Hall–Kier alpha value is 0.234. The Bertz CT molecular complexity index is 389. The van der Waals surface area contributed by atoms with Gasteiger partial charge in [0.2, 0.25) is 0 Å². The van der Waals surface area contributed by atoms with Crippen molar-refractivity contribution in [3.05, 3.63) is 0 Å². The average Bonchev–Trinajstić information content (AvgIpc) is 2.76. The Balaban J connectivity index is 3.97. The van der Waals surface area contributed by atoms with E-state index < -0.39 is 0 Å².